The molecule has 2 unspecified atom stereocenters. The summed E-state index contributed by atoms with van der Waals surface area (Å²) in [5, 5.41) is 6.10. The van der Waals surface area contributed by atoms with Crippen LogP contribution in [0.5, 0.6) is 0 Å². The Balaban J connectivity index is 1.59. The first-order valence-electron chi connectivity index (χ1n) is 8.69. The van der Waals surface area contributed by atoms with Gasteiger partial charge in [-0.15, -0.1) is 5.10 Å². The second-order valence-electron chi connectivity index (χ2n) is 6.65. The van der Waals surface area contributed by atoms with E-state index in [-0.39, 0.29) is 18.1 Å². The lowest BCUT2D eigenvalue weighted by Crippen LogP contribution is -2.48. The fourth-order valence-corrected chi connectivity index (χ4v) is 4.17. The number of hydrogen-bond acceptors (Lipinski definition) is 6. The number of rotatable bonds is 3. The van der Waals surface area contributed by atoms with Crippen LogP contribution in [0.1, 0.15) is 19.7 Å². The van der Waals surface area contributed by atoms with Gasteiger partial charge in [0.25, 0.3) is 0 Å². The second-order valence-corrected chi connectivity index (χ2v) is 7.59. The minimum Gasteiger partial charge on any atom is -0.372 e. The van der Waals surface area contributed by atoms with E-state index in [1.54, 1.807) is 4.52 Å². The zero-order valence-corrected chi connectivity index (χ0v) is 15.9. The molecule has 1 amide bonds. The molecule has 3 heterocycles. The average molecular weight is 371 g/mol. The molecule has 0 bridgehead atoms. The van der Waals surface area contributed by atoms with Crippen molar-refractivity contribution in [1.29, 1.82) is 0 Å². The summed E-state index contributed by atoms with van der Waals surface area (Å²) < 4.78 is 7.44. The van der Waals surface area contributed by atoms with Gasteiger partial charge in [-0.3, -0.25) is 4.79 Å². The second kappa shape index (κ2) is 6.85. The maximum absolute atomic E-state index is 12.6. The highest BCUT2D eigenvalue weighted by Crippen LogP contribution is 2.24. The molecule has 0 saturated carbocycles. The third kappa shape index (κ3) is 3.26. The highest BCUT2D eigenvalue weighted by Gasteiger charge is 2.26. The Labute approximate surface area is 155 Å². The number of nitrogens with zero attached hydrogens (tertiary/aromatic N) is 5. The summed E-state index contributed by atoms with van der Waals surface area (Å²) in [6.07, 6.45) is 0.132. The molecule has 3 aromatic rings. The number of fused-ring (bicyclic) bond motifs is 3. The van der Waals surface area contributed by atoms with E-state index in [0.29, 0.717) is 29.8 Å². The lowest BCUT2D eigenvalue weighted by Gasteiger charge is -2.35. The van der Waals surface area contributed by atoms with Gasteiger partial charge in [-0.2, -0.15) is 4.52 Å². The smallest absolute Gasteiger partial charge is 0.233 e. The minimum atomic E-state index is 0.0659. The van der Waals surface area contributed by atoms with Crippen LogP contribution in [0, 0.1) is 6.92 Å². The van der Waals surface area contributed by atoms with Gasteiger partial charge in [-0.05, 0) is 32.9 Å². The molecule has 0 aliphatic carbocycles. The monoisotopic (exact) mass is 371 g/mol. The molecule has 7 nitrogen and oxygen atoms in total. The molecule has 4 rings (SSSR count). The van der Waals surface area contributed by atoms with Crippen LogP contribution in [-0.4, -0.2) is 61.4 Å². The summed E-state index contributed by atoms with van der Waals surface area (Å²) >= 11 is 1.40. The molecule has 2 aromatic heterocycles. The number of aromatic nitrogens is 4. The molecule has 26 heavy (non-hydrogen) atoms. The number of ether oxygens (including phenoxy) is 1. The van der Waals surface area contributed by atoms with Gasteiger partial charge in [-0.25, -0.2) is 9.97 Å². The molecule has 1 aliphatic rings. The SMILES string of the molecule is Cc1nc2c3ccccc3nc(SCC(=O)N3CC(C)OC(C)C3)n2n1. The summed E-state index contributed by atoms with van der Waals surface area (Å²) in [5.41, 5.74) is 1.63. The van der Waals surface area contributed by atoms with Crippen LogP contribution in [-0.2, 0) is 9.53 Å². The van der Waals surface area contributed by atoms with Crippen molar-refractivity contribution in [2.24, 2.45) is 0 Å². The quantitative estimate of drug-likeness (QED) is 0.520. The fraction of sp³-hybridized carbons (Fsp3) is 0.444. The van der Waals surface area contributed by atoms with Gasteiger partial charge < -0.3 is 9.64 Å². The molecule has 0 spiro atoms. The van der Waals surface area contributed by atoms with Gasteiger partial charge in [-0.1, -0.05) is 23.9 Å². The van der Waals surface area contributed by atoms with E-state index in [2.05, 4.69) is 10.1 Å². The maximum atomic E-state index is 12.6. The highest BCUT2D eigenvalue weighted by atomic mass is 32.2. The topological polar surface area (TPSA) is 72.6 Å². The van der Waals surface area contributed by atoms with Crippen LogP contribution in [0.15, 0.2) is 29.4 Å². The molecule has 1 saturated heterocycles. The number of morpholine rings is 1. The zero-order chi connectivity index (χ0) is 18.3. The van der Waals surface area contributed by atoms with Crippen LogP contribution >= 0.6 is 11.8 Å². The molecule has 1 aliphatic heterocycles. The Morgan fingerprint density at radius 2 is 1.96 bits per heavy atom. The van der Waals surface area contributed by atoms with E-state index in [9.17, 15) is 4.79 Å². The van der Waals surface area contributed by atoms with E-state index in [1.807, 2.05) is 49.9 Å². The van der Waals surface area contributed by atoms with Crippen LogP contribution in [0.3, 0.4) is 0 Å². The molecule has 136 valence electrons. The van der Waals surface area contributed by atoms with E-state index >= 15 is 0 Å². The van der Waals surface area contributed by atoms with E-state index in [4.69, 9.17) is 9.72 Å². The van der Waals surface area contributed by atoms with Crippen molar-refractivity contribution in [2.75, 3.05) is 18.8 Å². The molecule has 1 aromatic carbocycles. The predicted molar refractivity (Wildman–Crippen MR) is 100 cm³/mol. The summed E-state index contributed by atoms with van der Waals surface area (Å²) in [6, 6.07) is 7.86. The van der Waals surface area contributed by atoms with Crippen molar-refractivity contribution in [3.8, 4) is 0 Å². The van der Waals surface area contributed by atoms with Gasteiger partial charge >= 0.3 is 0 Å². The van der Waals surface area contributed by atoms with Crippen molar-refractivity contribution in [1.82, 2.24) is 24.5 Å². The van der Waals surface area contributed by atoms with Crippen LogP contribution in [0.4, 0.5) is 0 Å². The van der Waals surface area contributed by atoms with Gasteiger partial charge in [0, 0.05) is 18.5 Å². The first-order valence-corrected chi connectivity index (χ1v) is 9.68. The van der Waals surface area contributed by atoms with Crippen LogP contribution in [0.25, 0.3) is 16.6 Å². The third-order valence-corrected chi connectivity index (χ3v) is 5.27. The number of aryl methyl sites for hydroxylation is 1. The molecular formula is C18H21N5O2S. The number of carbonyl (C=O) groups excluding carboxylic acids is 1. The van der Waals surface area contributed by atoms with Crippen molar-refractivity contribution in [3.05, 3.63) is 30.1 Å². The van der Waals surface area contributed by atoms with Gasteiger partial charge in [0.1, 0.15) is 5.82 Å². The van der Waals surface area contributed by atoms with E-state index < -0.39 is 0 Å². The first-order chi connectivity index (χ1) is 12.5. The molecule has 0 N–H and O–H groups in total. The van der Waals surface area contributed by atoms with Crippen molar-refractivity contribution in [3.63, 3.8) is 0 Å². The van der Waals surface area contributed by atoms with Crippen molar-refractivity contribution < 1.29 is 9.53 Å². The highest BCUT2D eigenvalue weighted by molar-refractivity contribution is 7.99. The number of amides is 1. The Hall–Kier alpha value is -2.19. The molecule has 1 fully saturated rings. The maximum Gasteiger partial charge on any atom is 0.233 e. The number of carbonyl (C=O) groups is 1. The largest absolute Gasteiger partial charge is 0.372 e. The standard InChI is InChI=1S/C18H21N5O2S/c1-11-8-22(9-12(2)25-11)16(24)10-26-18-20-15-7-5-4-6-14(15)17-19-13(3)21-23(17)18/h4-7,11-12H,8-10H2,1-3H3. The molecule has 8 heteroatoms. The summed E-state index contributed by atoms with van der Waals surface area (Å²) in [6.45, 7) is 7.11. The Morgan fingerprint density at radius 3 is 2.73 bits per heavy atom. The minimum absolute atomic E-state index is 0.0659. The molecular weight excluding hydrogens is 350 g/mol. The van der Waals surface area contributed by atoms with Crippen molar-refractivity contribution in [2.45, 2.75) is 38.1 Å². The summed E-state index contributed by atoms with van der Waals surface area (Å²) in [4.78, 5) is 23.7. The zero-order valence-electron chi connectivity index (χ0n) is 15.0. The molecule has 2 atom stereocenters. The predicted octanol–water partition coefficient (Wildman–Crippen LogP) is 2.31. The Bertz CT molecular complexity index is 963. The lowest BCUT2D eigenvalue weighted by molar-refractivity contribution is -0.140. The summed E-state index contributed by atoms with van der Waals surface area (Å²) in [5.74, 6) is 1.10. The first kappa shape index (κ1) is 17.2. The normalized spacial score (nSPS) is 20.8. The number of thioether (sulfide) groups is 1. The average Bonchev–Trinajstić information content (AvgIpc) is 3.00. The Morgan fingerprint density at radius 1 is 1.23 bits per heavy atom. The lowest BCUT2D eigenvalue weighted by atomic mass is 10.2. The number of benzene rings is 1. The molecule has 0 radical (unpaired) electrons. The van der Waals surface area contributed by atoms with E-state index in [0.717, 1.165) is 16.6 Å². The van der Waals surface area contributed by atoms with Gasteiger partial charge in [0.05, 0.1) is 23.5 Å². The number of para-hydroxylation sites is 1. The fourth-order valence-electron chi connectivity index (χ4n) is 3.33. The third-order valence-electron chi connectivity index (χ3n) is 4.35. The number of hydrogen-bond donors (Lipinski definition) is 0. The summed E-state index contributed by atoms with van der Waals surface area (Å²) in [7, 11) is 0. The van der Waals surface area contributed by atoms with Gasteiger partial charge in [0.2, 0.25) is 5.91 Å². The van der Waals surface area contributed by atoms with E-state index in [1.165, 1.54) is 11.8 Å². The van der Waals surface area contributed by atoms with Crippen LogP contribution < -0.4 is 0 Å². The van der Waals surface area contributed by atoms with Crippen molar-refractivity contribution >= 4 is 34.2 Å². The van der Waals surface area contributed by atoms with Crippen LogP contribution in [0.2, 0.25) is 0 Å². The van der Waals surface area contributed by atoms with Gasteiger partial charge in [0.15, 0.2) is 10.8 Å². The Kier molecular flexibility index (Phi) is 4.54.